The van der Waals surface area contributed by atoms with E-state index in [-0.39, 0.29) is 12.6 Å². The van der Waals surface area contributed by atoms with Gasteiger partial charge < -0.3 is 19.9 Å². The van der Waals surface area contributed by atoms with E-state index >= 15 is 0 Å². The van der Waals surface area contributed by atoms with Crippen LogP contribution in [0.3, 0.4) is 0 Å². The van der Waals surface area contributed by atoms with E-state index in [9.17, 15) is 0 Å². The van der Waals surface area contributed by atoms with Gasteiger partial charge in [-0.2, -0.15) is 0 Å². The van der Waals surface area contributed by atoms with E-state index in [0.717, 1.165) is 31.6 Å². The van der Waals surface area contributed by atoms with Gasteiger partial charge >= 0.3 is 0 Å². The summed E-state index contributed by atoms with van der Waals surface area (Å²) in [7, 11) is 0. The van der Waals surface area contributed by atoms with Crippen molar-refractivity contribution in [2.24, 2.45) is 0 Å². The summed E-state index contributed by atoms with van der Waals surface area (Å²) in [5.41, 5.74) is 2.14. The summed E-state index contributed by atoms with van der Waals surface area (Å²) in [6.45, 7) is 5.31. The van der Waals surface area contributed by atoms with E-state index < -0.39 is 0 Å². The van der Waals surface area contributed by atoms with Crippen molar-refractivity contribution in [2.45, 2.75) is 38.5 Å². The van der Waals surface area contributed by atoms with Gasteiger partial charge in [0.15, 0.2) is 0 Å². The molecule has 0 saturated carbocycles. The van der Waals surface area contributed by atoms with Crippen LogP contribution in [0.5, 0.6) is 0 Å². The van der Waals surface area contributed by atoms with Crippen LogP contribution in [0.1, 0.15) is 36.9 Å². The van der Waals surface area contributed by atoms with Crippen LogP contribution in [0, 0.1) is 0 Å². The molecule has 1 fully saturated rings. The van der Waals surface area contributed by atoms with Crippen LogP contribution in [0.15, 0.2) is 24.3 Å². The summed E-state index contributed by atoms with van der Waals surface area (Å²) in [5.74, 6) is 0. The molecule has 20 heavy (non-hydrogen) atoms. The van der Waals surface area contributed by atoms with Crippen LogP contribution in [0.2, 0.25) is 0 Å². The Bertz CT molecular complexity index is 391. The molecule has 4 nitrogen and oxygen atoms in total. The van der Waals surface area contributed by atoms with Crippen LogP contribution in [0.4, 0.5) is 0 Å². The lowest BCUT2D eigenvalue weighted by Crippen LogP contribution is -2.25. The highest BCUT2D eigenvalue weighted by atomic mass is 16.5. The number of ether oxygens (including phenoxy) is 2. The first kappa shape index (κ1) is 15.4. The van der Waals surface area contributed by atoms with Gasteiger partial charge in [-0.15, -0.1) is 0 Å². The van der Waals surface area contributed by atoms with E-state index in [1.165, 1.54) is 5.56 Å². The molecule has 2 unspecified atom stereocenters. The van der Waals surface area contributed by atoms with Crippen LogP contribution in [-0.2, 0) is 16.1 Å². The average Bonchev–Trinajstić information content (AvgIpc) is 3.00. The fourth-order valence-electron chi connectivity index (χ4n) is 2.42. The first-order valence-electron chi connectivity index (χ1n) is 7.42. The standard InChI is InChI=1S/C16H25NO3/c1-13(15-5-2-4-14(10-15)11-18)17-7-9-19-12-16-6-3-8-20-16/h2,4-5,10,13,16-18H,3,6-9,11-12H2,1H3. The largest absolute Gasteiger partial charge is 0.392 e. The Hall–Kier alpha value is -0.940. The van der Waals surface area contributed by atoms with E-state index in [1.54, 1.807) is 0 Å². The summed E-state index contributed by atoms with van der Waals surface area (Å²) in [6, 6.07) is 8.27. The van der Waals surface area contributed by atoms with Crippen molar-refractivity contribution in [3.8, 4) is 0 Å². The molecule has 2 atom stereocenters. The van der Waals surface area contributed by atoms with Gasteiger partial charge in [0.2, 0.25) is 0 Å². The molecular weight excluding hydrogens is 254 g/mol. The summed E-state index contributed by atoms with van der Waals surface area (Å²) in [4.78, 5) is 0. The zero-order valence-corrected chi connectivity index (χ0v) is 12.2. The Kier molecular flexibility index (Phi) is 6.47. The third-order valence-corrected chi connectivity index (χ3v) is 3.66. The normalized spacial score (nSPS) is 20.2. The van der Waals surface area contributed by atoms with E-state index in [0.29, 0.717) is 19.3 Å². The van der Waals surface area contributed by atoms with Crippen molar-refractivity contribution in [2.75, 3.05) is 26.4 Å². The van der Waals surface area contributed by atoms with Gasteiger partial charge in [0.25, 0.3) is 0 Å². The molecule has 0 radical (unpaired) electrons. The van der Waals surface area contributed by atoms with Crippen LogP contribution >= 0.6 is 0 Å². The number of hydrogen-bond donors (Lipinski definition) is 2. The predicted molar refractivity (Wildman–Crippen MR) is 78.6 cm³/mol. The lowest BCUT2D eigenvalue weighted by Gasteiger charge is -2.16. The summed E-state index contributed by atoms with van der Waals surface area (Å²) in [6.07, 6.45) is 2.58. The Morgan fingerprint density at radius 2 is 2.40 bits per heavy atom. The monoisotopic (exact) mass is 279 g/mol. The molecule has 0 aromatic heterocycles. The fourth-order valence-corrected chi connectivity index (χ4v) is 2.42. The summed E-state index contributed by atoms with van der Waals surface area (Å²) < 4.78 is 11.1. The molecule has 2 N–H and O–H groups in total. The molecule has 1 aliphatic rings. The number of benzene rings is 1. The van der Waals surface area contributed by atoms with E-state index in [1.807, 2.05) is 18.2 Å². The van der Waals surface area contributed by atoms with Crippen molar-refractivity contribution >= 4 is 0 Å². The minimum Gasteiger partial charge on any atom is -0.392 e. The highest BCUT2D eigenvalue weighted by Gasteiger charge is 2.15. The SMILES string of the molecule is CC(NCCOCC1CCCO1)c1cccc(CO)c1. The minimum absolute atomic E-state index is 0.0884. The Morgan fingerprint density at radius 3 is 3.15 bits per heavy atom. The number of rotatable bonds is 8. The van der Waals surface area contributed by atoms with Gasteiger partial charge in [-0.1, -0.05) is 24.3 Å². The van der Waals surface area contributed by atoms with Gasteiger partial charge in [0.05, 0.1) is 25.9 Å². The summed E-state index contributed by atoms with van der Waals surface area (Å²) in [5, 5.41) is 12.6. The molecule has 1 heterocycles. The Labute approximate surface area is 121 Å². The quantitative estimate of drug-likeness (QED) is 0.715. The van der Waals surface area contributed by atoms with Gasteiger partial charge in [-0.3, -0.25) is 0 Å². The third kappa shape index (κ3) is 4.87. The van der Waals surface area contributed by atoms with Crippen LogP contribution in [0.25, 0.3) is 0 Å². The van der Waals surface area contributed by atoms with Crippen molar-refractivity contribution in [3.05, 3.63) is 35.4 Å². The van der Waals surface area contributed by atoms with Crippen LogP contribution < -0.4 is 5.32 Å². The molecule has 0 bridgehead atoms. The maximum atomic E-state index is 9.14. The lowest BCUT2D eigenvalue weighted by molar-refractivity contribution is 0.0179. The minimum atomic E-state index is 0.0884. The maximum absolute atomic E-state index is 9.14. The van der Waals surface area contributed by atoms with Crippen molar-refractivity contribution in [1.29, 1.82) is 0 Å². The number of nitrogens with one attached hydrogen (secondary N) is 1. The molecule has 1 saturated heterocycles. The first-order valence-corrected chi connectivity index (χ1v) is 7.42. The fraction of sp³-hybridized carbons (Fsp3) is 0.625. The van der Waals surface area contributed by atoms with Gasteiger partial charge in [0, 0.05) is 19.2 Å². The van der Waals surface area contributed by atoms with Gasteiger partial charge in [-0.05, 0) is 30.9 Å². The highest BCUT2D eigenvalue weighted by molar-refractivity contribution is 5.25. The lowest BCUT2D eigenvalue weighted by atomic mass is 10.1. The molecule has 1 aromatic rings. The number of aliphatic hydroxyl groups excluding tert-OH is 1. The molecule has 4 heteroatoms. The molecular formula is C16H25NO3. The number of aliphatic hydroxyl groups is 1. The van der Waals surface area contributed by atoms with Crippen molar-refractivity contribution in [3.63, 3.8) is 0 Å². The molecule has 2 rings (SSSR count). The zero-order valence-electron chi connectivity index (χ0n) is 12.2. The third-order valence-electron chi connectivity index (χ3n) is 3.66. The predicted octanol–water partition coefficient (Wildman–Crippen LogP) is 2.03. The van der Waals surface area contributed by atoms with Crippen LogP contribution in [-0.4, -0.2) is 37.6 Å². The Morgan fingerprint density at radius 1 is 1.50 bits per heavy atom. The molecule has 1 aliphatic heterocycles. The molecule has 0 amide bonds. The topological polar surface area (TPSA) is 50.7 Å². The van der Waals surface area contributed by atoms with E-state index in [2.05, 4.69) is 18.3 Å². The molecule has 0 aliphatic carbocycles. The maximum Gasteiger partial charge on any atom is 0.0809 e. The first-order chi connectivity index (χ1) is 9.79. The summed E-state index contributed by atoms with van der Waals surface area (Å²) >= 11 is 0. The highest BCUT2D eigenvalue weighted by Crippen LogP contribution is 2.14. The zero-order chi connectivity index (χ0) is 14.2. The van der Waals surface area contributed by atoms with Gasteiger partial charge in [0.1, 0.15) is 0 Å². The average molecular weight is 279 g/mol. The van der Waals surface area contributed by atoms with Gasteiger partial charge in [-0.25, -0.2) is 0 Å². The second-order valence-electron chi connectivity index (χ2n) is 5.29. The molecule has 1 aromatic carbocycles. The van der Waals surface area contributed by atoms with Crippen molar-refractivity contribution in [1.82, 2.24) is 5.32 Å². The second-order valence-corrected chi connectivity index (χ2v) is 5.29. The smallest absolute Gasteiger partial charge is 0.0809 e. The second kappa shape index (κ2) is 8.37. The molecule has 0 spiro atoms. The number of hydrogen-bond acceptors (Lipinski definition) is 4. The van der Waals surface area contributed by atoms with E-state index in [4.69, 9.17) is 14.6 Å². The Balaban J connectivity index is 1.62. The molecule has 112 valence electrons. The van der Waals surface area contributed by atoms with Crippen molar-refractivity contribution < 1.29 is 14.6 Å².